The quantitative estimate of drug-likeness (QED) is 0.422. The molecule has 0 atom stereocenters. The van der Waals surface area contributed by atoms with E-state index in [2.05, 4.69) is 15.3 Å². The van der Waals surface area contributed by atoms with Crippen molar-refractivity contribution in [2.24, 2.45) is 0 Å². The van der Waals surface area contributed by atoms with E-state index in [4.69, 9.17) is 11.6 Å². The Hall–Kier alpha value is -2.57. The van der Waals surface area contributed by atoms with Gasteiger partial charge in [0.2, 0.25) is 0 Å². The molecule has 3 rings (SSSR count). The van der Waals surface area contributed by atoms with E-state index >= 15 is 0 Å². The smallest absolute Gasteiger partial charge is 0.337 e. The predicted octanol–water partition coefficient (Wildman–Crippen LogP) is 5.48. The Kier molecular flexibility index (Phi) is 5.98. The number of hydrogen-bond donors (Lipinski definition) is 2. The SMILES string of the molecule is Cc1ccc(Nc2cc(C)nc(SCc3ccccc3Cl)n2)c(C(=O)O)c1. The van der Waals surface area contributed by atoms with Crippen molar-refractivity contribution in [1.29, 1.82) is 0 Å². The molecule has 27 heavy (non-hydrogen) atoms. The number of carboxylic acid groups (broad SMARTS) is 1. The van der Waals surface area contributed by atoms with Crippen LogP contribution < -0.4 is 5.32 Å². The third kappa shape index (κ3) is 4.99. The maximum Gasteiger partial charge on any atom is 0.337 e. The molecule has 0 saturated heterocycles. The van der Waals surface area contributed by atoms with Crippen LogP contribution in [0.2, 0.25) is 5.02 Å². The van der Waals surface area contributed by atoms with Gasteiger partial charge in [0.15, 0.2) is 5.16 Å². The number of anilines is 2. The second kappa shape index (κ2) is 8.41. The molecular formula is C20H18ClN3O2S. The summed E-state index contributed by atoms with van der Waals surface area (Å²) in [5, 5.41) is 13.8. The molecule has 0 aliphatic heterocycles. The zero-order chi connectivity index (χ0) is 19.4. The minimum Gasteiger partial charge on any atom is -0.478 e. The maximum absolute atomic E-state index is 11.5. The van der Waals surface area contributed by atoms with Crippen molar-refractivity contribution in [3.8, 4) is 0 Å². The molecule has 1 heterocycles. The van der Waals surface area contributed by atoms with Crippen LogP contribution >= 0.6 is 23.4 Å². The van der Waals surface area contributed by atoms with Crippen molar-refractivity contribution in [3.05, 3.63) is 75.9 Å². The molecule has 1 aromatic heterocycles. The predicted molar refractivity (Wildman–Crippen MR) is 109 cm³/mol. The lowest BCUT2D eigenvalue weighted by Crippen LogP contribution is -2.05. The summed E-state index contributed by atoms with van der Waals surface area (Å²) in [7, 11) is 0. The standard InChI is InChI=1S/C20H18ClN3O2S/c1-12-7-8-17(15(9-12)19(25)26)23-18-10-13(2)22-20(24-18)27-11-14-5-3-4-6-16(14)21/h3-10H,11H2,1-2H3,(H,25,26)(H,22,23,24). The van der Waals surface area contributed by atoms with Gasteiger partial charge in [0.25, 0.3) is 0 Å². The van der Waals surface area contributed by atoms with Gasteiger partial charge in [-0.25, -0.2) is 14.8 Å². The van der Waals surface area contributed by atoms with Crippen LogP contribution in [0.25, 0.3) is 0 Å². The highest BCUT2D eigenvalue weighted by Gasteiger charge is 2.12. The fraction of sp³-hybridized carbons (Fsp3) is 0.150. The number of nitrogens with one attached hydrogen (secondary N) is 1. The third-order valence-electron chi connectivity index (χ3n) is 3.82. The van der Waals surface area contributed by atoms with E-state index in [0.717, 1.165) is 16.8 Å². The number of hydrogen-bond acceptors (Lipinski definition) is 5. The van der Waals surface area contributed by atoms with Gasteiger partial charge < -0.3 is 10.4 Å². The summed E-state index contributed by atoms with van der Waals surface area (Å²) in [6.45, 7) is 3.73. The average Bonchev–Trinajstić information content (AvgIpc) is 2.62. The highest BCUT2D eigenvalue weighted by atomic mass is 35.5. The van der Waals surface area contributed by atoms with Crippen molar-refractivity contribution in [2.75, 3.05) is 5.32 Å². The van der Waals surface area contributed by atoms with Crippen molar-refractivity contribution in [1.82, 2.24) is 9.97 Å². The topological polar surface area (TPSA) is 75.1 Å². The van der Waals surface area contributed by atoms with E-state index in [-0.39, 0.29) is 5.56 Å². The second-order valence-corrected chi connectivity index (χ2v) is 7.39. The molecule has 0 unspecified atom stereocenters. The second-order valence-electron chi connectivity index (χ2n) is 6.04. The van der Waals surface area contributed by atoms with Gasteiger partial charge in [-0.05, 0) is 37.6 Å². The van der Waals surface area contributed by atoms with Gasteiger partial charge in [0.1, 0.15) is 5.82 Å². The van der Waals surface area contributed by atoms with Crippen LogP contribution in [0.1, 0.15) is 27.2 Å². The first kappa shape index (κ1) is 19.2. The molecule has 0 aliphatic rings. The first-order chi connectivity index (χ1) is 12.9. The molecule has 0 aliphatic carbocycles. The molecule has 0 amide bonds. The van der Waals surface area contributed by atoms with Gasteiger partial charge in [-0.1, -0.05) is 53.2 Å². The number of nitrogens with zero attached hydrogens (tertiary/aromatic N) is 2. The summed E-state index contributed by atoms with van der Waals surface area (Å²) >= 11 is 7.67. The normalized spacial score (nSPS) is 10.6. The first-order valence-corrected chi connectivity index (χ1v) is 9.61. The van der Waals surface area contributed by atoms with Crippen molar-refractivity contribution in [3.63, 3.8) is 0 Å². The van der Waals surface area contributed by atoms with Gasteiger partial charge in [-0.15, -0.1) is 0 Å². The van der Waals surface area contributed by atoms with Gasteiger partial charge in [0, 0.05) is 22.5 Å². The number of thioether (sulfide) groups is 1. The minimum atomic E-state index is -0.986. The van der Waals surface area contributed by atoms with Crippen LogP contribution in [0.3, 0.4) is 0 Å². The lowest BCUT2D eigenvalue weighted by molar-refractivity contribution is 0.0698. The van der Waals surface area contributed by atoms with Crippen LogP contribution in [0.5, 0.6) is 0 Å². The Bertz CT molecular complexity index is 995. The number of rotatable bonds is 6. The van der Waals surface area contributed by atoms with Gasteiger partial charge in [-0.2, -0.15) is 0 Å². The molecular weight excluding hydrogens is 382 g/mol. The Balaban J connectivity index is 1.82. The number of aryl methyl sites for hydroxylation is 2. The van der Waals surface area contributed by atoms with E-state index in [9.17, 15) is 9.90 Å². The van der Waals surface area contributed by atoms with E-state index < -0.39 is 5.97 Å². The fourth-order valence-corrected chi connectivity index (χ4v) is 3.70. The van der Waals surface area contributed by atoms with Crippen molar-refractivity contribution in [2.45, 2.75) is 24.8 Å². The molecule has 0 bridgehead atoms. The average molecular weight is 400 g/mol. The molecule has 5 nitrogen and oxygen atoms in total. The van der Waals surface area contributed by atoms with Crippen LogP contribution in [-0.2, 0) is 5.75 Å². The summed E-state index contributed by atoms with van der Waals surface area (Å²) in [4.78, 5) is 20.4. The highest BCUT2D eigenvalue weighted by Crippen LogP contribution is 2.27. The fourth-order valence-electron chi connectivity index (χ4n) is 2.51. The first-order valence-electron chi connectivity index (χ1n) is 8.25. The summed E-state index contributed by atoms with van der Waals surface area (Å²) < 4.78 is 0. The third-order valence-corrected chi connectivity index (χ3v) is 5.08. The molecule has 0 radical (unpaired) electrons. The van der Waals surface area contributed by atoms with Crippen LogP contribution in [0.15, 0.2) is 53.7 Å². The lowest BCUT2D eigenvalue weighted by Gasteiger charge is -2.11. The molecule has 0 saturated carbocycles. The van der Waals surface area contributed by atoms with Gasteiger partial charge in [-0.3, -0.25) is 0 Å². The molecule has 2 N–H and O–H groups in total. The summed E-state index contributed by atoms with van der Waals surface area (Å²) in [5.74, 6) is 0.212. The van der Waals surface area contributed by atoms with Crippen LogP contribution in [0.4, 0.5) is 11.5 Å². The Labute approximate surface area is 166 Å². The Morgan fingerprint density at radius 1 is 1.15 bits per heavy atom. The Morgan fingerprint density at radius 3 is 2.67 bits per heavy atom. The van der Waals surface area contributed by atoms with Crippen LogP contribution in [0, 0.1) is 13.8 Å². The monoisotopic (exact) mass is 399 g/mol. The summed E-state index contributed by atoms with van der Waals surface area (Å²) in [5.41, 5.74) is 3.38. The molecule has 0 fully saturated rings. The van der Waals surface area contributed by atoms with E-state index in [1.807, 2.05) is 44.2 Å². The summed E-state index contributed by atoms with van der Waals surface area (Å²) in [6.07, 6.45) is 0. The van der Waals surface area contributed by atoms with Gasteiger partial charge in [0.05, 0.1) is 11.3 Å². The molecule has 0 spiro atoms. The lowest BCUT2D eigenvalue weighted by atomic mass is 10.1. The van der Waals surface area contributed by atoms with Crippen molar-refractivity contribution >= 4 is 40.8 Å². The maximum atomic E-state index is 11.5. The van der Waals surface area contributed by atoms with Crippen LogP contribution in [-0.4, -0.2) is 21.0 Å². The largest absolute Gasteiger partial charge is 0.478 e. The van der Waals surface area contributed by atoms with E-state index in [1.165, 1.54) is 11.8 Å². The Morgan fingerprint density at radius 2 is 1.93 bits per heavy atom. The zero-order valence-corrected chi connectivity index (χ0v) is 16.4. The molecule has 2 aromatic carbocycles. The number of halogens is 1. The summed E-state index contributed by atoms with van der Waals surface area (Å²) in [6, 6.07) is 14.7. The highest BCUT2D eigenvalue weighted by molar-refractivity contribution is 7.98. The van der Waals surface area contributed by atoms with E-state index in [0.29, 0.717) is 27.4 Å². The molecule has 138 valence electrons. The number of carbonyl (C=O) groups is 1. The number of carboxylic acids is 1. The number of aromatic nitrogens is 2. The number of aromatic carboxylic acids is 1. The zero-order valence-electron chi connectivity index (χ0n) is 14.9. The number of benzene rings is 2. The van der Waals surface area contributed by atoms with Gasteiger partial charge >= 0.3 is 5.97 Å². The van der Waals surface area contributed by atoms with E-state index in [1.54, 1.807) is 18.2 Å². The minimum absolute atomic E-state index is 0.205. The van der Waals surface area contributed by atoms with Crippen molar-refractivity contribution < 1.29 is 9.90 Å². The molecule has 7 heteroatoms. The molecule has 3 aromatic rings.